The highest BCUT2D eigenvalue weighted by molar-refractivity contribution is 6.42. The minimum Gasteiger partial charge on any atom is -0.481 e. The molecule has 6 heteroatoms. The van der Waals surface area contributed by atoms with E-state index in [1.54, 1.807) is 18.2 Å². The molecule has 0 fully saturated rings. The number of carboxylic acids is 1. The van der Waals surface area contributed by atoms with Gasteiger partial charge in [-0.15, -0.1) is 0 Å². The maximum absolute atomic E-state index is 10.7. The molecule has 4 nitrogen and oxygen atoms in total. The smallest absolute Gasteiger partial charge is 0.303 e. The number of aliphatic carboxylic acids is 1. The van der Waals surface area contributed by atoms with E-state index in [-0.39, 0.29) is 6.42 Å². The number of nitrogens with zero attached hydrogens (tertiary/aromatic N) is 2. The molecule has 0 aliphatic rings. The third-order valence-corrected chi connectivity index (χ3v) is 3.93. The molecule has 0 radical (unpaired) electrons. The third kappa shape index (κ3) is 3.71. The van der Waals surface area contributed by atoms with Crippen LogP contribution in [0.4, 0.5) is 0 Å². The van der Waals surface area contributed by atoms with Crippen LogP contribution in [0.3, 0.4) is 0 Å². The summed E-state index contributed by atoms with van der Waals surface area (Å²) in [6, 6.07) is 5.22. The van der Waals surface area contributed by atoms with Crippen molar-refractivity contribution in [2.75, 3.05) is 0 Å². The molecule has 2 aromatic rings. The number of hydrogen-bond donors (Lipinski definition) is 1. The molecule has 1 heterocycles. The summed E-state index contributed by atoms with van der Waals surface area (Å²) >= 11 is 11.9. The van der Waals surface area contributed by atoms with Gasteiger partial charge in [-0.1, -0.05) is 23.2 Å². The molecule has 0 aliphatic heterocycles. The maximum atomic E-state index is 10.7. The van der Waals surface area contributed by atoms with Gasteiger partial charge in [0, 0.05) is 23.4 Å². The van der Waals surface area contributed by atoms with Crippen molar-refractivity contribution in [2.24, 2.45) is 0 Å². The summed E-state index contributed by atoms with van der Waals surface area (Å²) in [5, 5.41) is 9.70. The van der Waals surface area contributed by atoms with Crippen LogP contribution >= 0.6 is 23.2 Å². The first-order valence-corrected chi connectivity index (χ1v) is 7.15. The summed E-state index contributed by atoms with van der Waals surface area (Å²) in [6.07, 6.45) is 0.492. The molecular formula is C15H14Cl2N2O2. The van der Waals surface area contributed by atoms with Crippen molar-refractivity contribution in [1.82, 2.24) is 9.97 Å². The van der Waals surface area contributed by atoms with Gasteiger partial charge in [-0.2, -0.15) is 0 Å². The van der Waals surface area contributed by atoms with Crippen LogP contribution in [0.1, 0.15) is 23.4 Å². The van der Waals surface area contributed by atoms with E-state index >= 15 is 0 Å². The van der Waals surface area contributed by atoms with Gasteiger partial charge in [-0.3, -0.25) is 4.79 Å². The molecule has 0 unspecified atom stereocenters. The van der Waals surface area contributed by atoms with E-state index in [1.165, 1.54) is 0 Å². The molecule has 0 amide bonds. The Hall–Kier alpha value is -1.65. The standard InChI is InChI=1S/C15H14Cl2N2O2/c1-8-11(4-6-14(20)21)9(2)19-15(18-8)10-3-5-12(16)13(17)7-10/h3,5,7H,4,6H2,1-2H3,(H,20,21). The van der Waals surface area contributed by atoms with E-state index in [9.17, 15) is 4.79 Å². The molecule has 0 atom stereocenters. The Morgan fingerprint density at radius 2 is 1.76 bits per heavy atom. The number of aryl methyl sites for hydroxylation is 2. The van der Waals surface area contributed by atoms with Gasteiger partial charge < -0.3 is 5.11 Å². The summed E-state index contributed by atoms with van der Waals surface area (Å²) < 4.78 is 0. The van der Waals surface area contributed by atoms with Crippen LogP contribution in [-0.2, 0) is 11.2 Å². The van der Waals surface area contributed by atoms with Gasteiger partial charge in [0.05, 0.1) is 10.0 Å². The minimum absolute atomic E-state index is 0.0666. The van der Waals surface area contributed by atoms with E-state index in [1.807, 2.05) is 13.8 Å². The number of benzene rings is 1. The average Bonchev–Trinajstić information content (AvgIpc) is 2.40. The van der Waals surface area contributed by atoms with E-state index in [0.29, 0.717) is 22.3 Å². The van der Waals surface area contributed by atoms with Crippen molar-refractivity contribution in [3.63, 3.8) is 0 Å². The van der Waals surface area contributed by atoms with Gasteiger partial charge in [-0.05, 0) is 44.0 Å². The Bertz CT molecular complexity index is 679. The topological polar surface area (TPSA) is 63.1 Å². The molecule has 0 bridgehead atoms. The van der Waals surface area contributed by atoms with E-state index < -0.39 is 5.97 Å². The summed E-state index contributed by atoms with van der Waals surface area (Å²) in [5.41, 5.74) is 3.22. The van der Waals surface area contributed by atoms with Crippen LogP contribution in [0, 0.1) is 13.8 Å². The normalized spacial score (nSPS) is 10.7. The van der Waals surface area contributed by atoms with E-state index in [4.69, 9.17) is 28.3 Å². The second kappa shape index (κ2) is 6.41. The number of halogens is 2. The van der Waals surface area contributed by atoms with Gasteiger partial charge in [-0.25, -0.2) is 9.97 Å². The molecule has 0 aliphatic carbocycles. The molecule has 0 saturated carbocycles. The number of rotatable bonds is 4. The summed E-state index contributed by atoms with van der Waals surface area (Å²) in [6.45, 7) is 3.71. The van der Waals surface area contributed by atoms with Gasteiger partial charge >= 0.3 is 5.97 Å². The number of carbonyl (C=O) groups is 1. The van der Waals surface area contributed by atoms with Gasteiger partial charge in [0.1, 0.15) is 0 Å². The third-order valence-electron chi connectivity index (χ3n) is 3.19. The zero-order valence-electron chi connectivity index (χ0n) is 11.7. The van der Waals surface area contributed by atoms with Crippen LogP contribution in [0.5, 0.6) is 0 Å². The van der Waals surface area contributed by atoms with Crippen molar-refractivity contribution >= 4 is 29.2 Å². The highest BCUT2D eigenvalue weighted by Gasteiger charge is 2.12. The second-order valence-corrected chi connectivity index (χ2v) is 5.53. The molecule has 21 heavy (non-hydrogen) atoms. The lowest BCUT2D eigenvalue weighted by molar-refractivity contribution is -0.136. The molecule has 0 saturated heterocycles. The number of hydrogen-bond acceptors (Lipinski definition) is 3. The van der Waals surface area contributed by atoms with Crippen molar-refractivity contribution in [3.8, 4) is 11.4 Å². The first kappa shape index (κ1) is 15.7. The van der Waals surface area contributed by atoms with E-state index in [0.717, 1.165) is 22.5 Å². The lowest BCUT2D eigenvalue weighted by Gasteiger charge is -2.10. The van der Waals surface area contributed by atoms with E-state index in [2.05, 4.69) is 9.97 Å². The monoisotopic (exact) mass is 324 g/mol. The largest absolute Gasteiger partial charge is 0.481 e. The fraction of sp³-hybridized carbons (Fsp3) is 0.267. The molecule has 0 spiro atoms. The van der Waals surface area contributed by atoms with Crippen LogP contribution in [0.2, 0.25) is 10.0 Å². The average molecular weight is 325 g/mol. The second-order valence-electron chi connectivity index (χ2n) is 4.72. The first-order chi connectivity index (χ1) is 9.88. The number of carboxylic acid groups (broad SMARTS) is 1. The highest BCUT2D eigenvalue weighted by atomic mass is 35.5. The van der Waals surface area contributed by atoms with Gasteiger partial charge in [0.25, 0.3) is 0 Å². The fourth-order valence-corrected chi connectivity index (χ4v) is 2.40. The van der Waals surface area contributed by atoms with Gasteiger partial charge in [0.15, 0.2) is 5.82 Å². The SMILES string of the molecule is Cc1nc(-c2ccc(Cl)c(Cl)c2)nc(C)c1CCC(=O)O. The zero-order chi connectivity index (χ0) is 15.6. The molecule has 1 aromatic heterocycles. The van der Waals surface area contributed by atoms with Crippen LogP contribution in [0.15, 0.2) is 18.2 Å². The van der Waals surface area contributed by atoms with Crippen molar-refractivity contribution in [2.45, 2.75) is 26.7 Å². The number of aromatic nitrogens is 2. The molecule has 1 N–H and O–H groups in total. The first-order valence-electron chi connectivity index (χ1n) is 6.40. The Kier molecular flexibility index (Phi) is 4.80. The molecular weight excluding hydrogens is 311 g/mol. The molecule has 110 valence electrons. The van der Waals surface area contributed by atoms with Crippen molar-refractivity contribution in [1.29, 1.82) is 0 Å². The van der Waals surface area contributed by atoms with Crippen LogP contribution in [0.25, 0.3) is 11.4 Å². The predicted molar refractivity (Wildman–Crippen MR) is 82.9 cm³/mol. The lowest BCUT2D eigenvalue weighted by Crippen LogP contribution is -2.06. The summed E-state index contributed by atoms with van der Waals surface area (Å²) in [7, 11) is 0. The van der Waals surface area contributed by atoms with Crippen LogP contribution < -0.4 is 0 Å². The Morgan fingerprint density at radius 1 is 1.14 bits per heavy atom. The summed E-state index contributed by atoms with van der Waals surface area (Å²) in [4.78, 5) is 19.6. The summed E-state index contributed by atoms with van der Waals surface area (Å²) in [5.74, 6) is -0.273. The quantitative estimate of drug-likeness (QED) is 0.920. The Morgan fingerprint density at radius 3 is 2.29 bits per heavy atom. The highest BCUT2D eigenvalue weighted by Crippen LogP contribution is 2.27. The minimum atomic E-state index is -0.831. The zero-order valence-corrected chi connectivity index (χ0v) is 13.2. The Balaban J connectivity index is 2.38. The maximum Gasteiger partial charge on any atom is 0.303 e. The molecule has 1 aromatic carbocycles. The predicted octanol–water partition coefficient (Wildman–Crippen LogP) is 4.08. The van der Waals surface area contributed by atoms with Crippen molar-refractivity contribution < 1.29 is 9.90 Å². The Labute approximate surface area is 132 Å². The molecule has 2 rings (SSSR count). The lowest BCUT2D eigenvalue weighted by atomic mass is 10.1. The van der Waals surface area contributed by atoms with Crippen molar-refractivity contribution in [3.05, 3.63) is 45.2 Å². The van der Waals surface area contributed by atoms with Crippen LogP contribution in [-0.4, -0.2) is 21.0 Å². The van der Waals surface area contributed by atoms with Gasteiger partial charge in [0.2, 0.25) is 0 Å². The fourth-order valence-electron chi connectivity index (χ4n) is 2.10.